The first kappa shape index (κ1) is 12.9. The van der Waals surface area contributed by atoms with Gasteiger partial charge in [-0.15, -0.1) is 6.42 Å². The van der Waals surface area contributed by atoms with Crippen LogP contribution in [0.3, 0.4) is 0 Å². The Balaban J connectivity index is 2.92. The quantitative estimate of drug-likeness (QED) is 0.756. The normalized spacial score (nSPS) is 9.24. The average molecular weight is 232 g/mol. The van der Waals surface area contributed by atoms with Crippen molar-refractivity contribution in [3.63, 3.8) is 0 Å². The van der Waals surface area contributed by atoms with Crippen molar-refractivity contribution in [3.05, 3.63) is 23.8 Å². The van der Waals surface area contributed by atoms with Crippen LogP contribution in [0.4, 0.5) is 5.69 Å². The Bertz CT molecular complexity index is 436. The summed E-state index contributed by atoms with van der Waals surface area (Å²) in [6.07, 6.45) is 5.17. The lowest BCUT2D eigenvalue weighted by Gasteiger charge is -2.11. The number of rotatable bonds is 5. The number of terminal acetylenes is 1. The van der Waals surface area contributed by atoms with Gasteiger partial charge < -0.3 is 15.4 Å². The maximum atomic E-state index is 11.6. The fraction of sp³-hybridized carbons (Fsp3) is 0.308. The van der Waals surface area contributed by atoms with E-state index in [-0.39, 0.29) is 5.91 Å². The Hall–Kier alpha value is -2.15. The smallest absolute Gasteiger partial charge is 0.251 e. The summed E-state index contributed by atoms with van der Waals surface area (Å²) in [4.78, 5) is 11.6. The first-order valence-electron chi connectivity index (χ1n) is 5.36. The summed E-state index contributed by atoms with van der Waals surface area (Å²) in [5.41, 5.74) is 1.34. The van der Waals surface area contributed by atoms with Gasteiger partial charge in [0.2, 0.25) is 0 Å². The van der Waals surface area contributed by atoms with Crippen molar-refractivity contribution in [2.75, 3.05) is 25.5 Å². The SMILES string of the molecule is C#CCNc1ccc(C(=O)NCC)cc1OC. The van der Waals surface area contributed by atoms with Gasteiger partial charge in [-0.05, 0) is 25.1 Å². The van der Waals surface area contributed by atoms with E-state index in [9.17, 15) is 4.79 Å². The Labute approximate surface area is 101 Å². The van der Waals surface area contributed by atoms with Gasteiger partial charge >= 0.3 is 0 Å². The maximum absolute atomic E-state index is 11.6. The van der Waals surface area contributed by atoms with Gasteiger partial charge in [0.25, 0.3) is 5.91 Å². The van der Waals surface area contributed by atoms with Crippen molar-refractivity contribution in [1.29, 1.82) is 0 Å². The van der Waals surface area contributed by atoms with Crippen molar-refractivity contribution < 1.29 is 9.53 Å². The minimum absolute atomic E-state index is 0.116. The minimum Gasteiger partial charge on any atom is -0.495 e. The van der Waals surface area contributed by atoms with Crippen molar-refractivity contribution in [2.45, 2.75) is 6.92 Å². The van der Waals surface area contributed by atoms with E-state index < -0.39 is 0 Å². The zero-order valence-corrected chi connectivity index (χ0v) is 10.0. The molecule has 0 heterocycles. The third-order valence-electron chi connectivity index (χ3n) is 2.18. The molecule has 17 heavy (non-hydrogen) atoms. The monoisotopic (exact) mass is 232 g/mol. The van der Waals surface area contributed by atoms with Gasteiger partial charge in [0.15, 0.2) is 0 Å². The van der Waals surface area contributed by atoms with E-state index >= 15 is 0 Å². The van der Waals surface area contributed by atoms with E-state index in [1.54, 1.807) is 25.3 Å². The first-order valence-corrected chi connectivity index (χ1v) is 5.36. The third-order valence-corrected chi connectivity index (χ3v) is 2.18. The number of hydrogen-bond donors (Lipinski definition) is 2. The van der Waals surface area contributed by atoms with Crippen LogP contribution in [0.15, 0.2) is 18.2 Å². The Morgan fingerprint density at radius 3 is 2.88 bits per heavy atom. The fourth-order valence-electron chi connectivity index (χ4n) is 1.39. The predicted octanol–water partition coefficient (Wildman–Crippen LogP) is 1.49. The topological polar surface area (TPSA) is 50.4 Å². The van der Waals surface area contributed by atoms with Crippen molar-refractivity contribution in [2.24, 2.45) is 0 Å². The largest absolute Gasteiger partial charge is 0.495 e. The number of benzene rings is 1. The molecule has 0 saturated heterocycles. The van der Waals surface area contributed by atoms with E-state index in [1.807, 2.05) is 6.92 Å². The zero-order valence-electron chi connectivity index (χ0n) is 10.0. The average Bonchev–Trinajstić information content (AvgIpc) is 2.36. The molecule has 0 bridgehead atoms. The second-order valence-electron chi connectivity index (χ2n) is 3.33. The molecule has 1 aromatic rings. The summed E-state index contributed by atoms with van der Waals surface area (Å²) in [6.45, 7) is 2.88. The van der Waals surface area contributed by atoms with E-state index in [0.717, 1.165) is 5.69 Å². The number of methoxy groups -OCH3 is 1. The van der Waals surface area contributed by atoms with Crippen LogP contribution >= 0.6 is 0 Å². The molecule has 0 aliphatic rings. The molecule has 0 atom stereocenters. The lowest BCUT2D eigenvalue weighted by atomic mass is 10.1. The van der Waals surface area contributed by atoms with E-state index in [4.69, 9.17) is 11.2 Å². The Morgan fingerprint density at radius 2 is 2.29 bits per heavy atom. The molecule has 4 heteroatoms. The molecule has 90 valence electrons. The Morgan fingerprint density at radius 1 is 1.53 bits per heavy atom. The highest BCUT2D eigenvalue weighted by atomic mass is 16.5. The molecule has 0 spiro atoms. The second-order valence-corrected chi connectivity index (χ2v) is 3.33. The molecular formula is C13H16N2O2. The molecule has 0 aliphatic carbocycles. The Kier molecular flexibility index (Phi) is 4.89. The molecule has 0 aliphatic heterocycles. The lowest BCUT2D eigenvalue weighted by Crippen LogP contribution is -2.22. The molecular weight excluding hydrogens is 216 g/mol. The second kappa shape index (κ2) is 6.44. The van der Waals surface area contributed by atoms with Crippen LogP contribution in [0.25, 0.3) is 0 Å². The highest BCUT2D eigenvalue weighted by Gasteiger charge is 2.08. The highest BCUT2D eigenvalue weighted by Crippen LogP contribution is 2.25. The van der Waals surface area contributed by atoms with Crippen LogP contribution in [0.2, 0.25) is 0 Å². The molecule has 2 N–H and O–H groups in total. The third kappa shape index (κ3) is 3.42. The number of anilines is 1. The zero-order chi connectivity index (χ0) is 12.7. The van der Waals surface area contributed by atoms with Gasteiger partial charge in [0, 0.05) is 12.1 Å². The van der Waals surface area contributed by atoms with E-state index in [2.05, 4.69) is 16.6 Å². The van der Waals surface area contributed by atoms with Gasteiger partial charge in [0.05, 0.1) is 19.3 Å². The summed E-state index contributed by atoms with van der Waals surface area (Å²) in [5.74, 6) is 2.96. The number of hydrogen-bond acceptors (Lipinski definition) is 3. The maximum Gasteiger partial charge on any atom is 0.251 e. The van der Waals surface area contributed by atoms with Crippen LogP contribution in [-0.4, -0.2) is 26.1 Å². The molecule has 1 amide bonds. The number of amides is 1. The fourth-order valence-corrected chi connectivity index (χ4v) is 1.39. The highest BCUT2D eigenvalue weighted by molar-refractivity contribution is 5.95. The molecule has 0 fully saturated rings. The standard InChI is InChI=1S/C13H16N2O2/c1-4-8-15-11-7-6-10(9-12(11)17-3)13(16)14-5-2/h1,6-7,9,15H,5,8H2,2-3H3,(H,14,16). The summed E-state index contributed by atoms with van der Waals surface area (Å²) in [5, 5.41) is 5.75. The van der Waals surface area contributed by atoms with Crippen molar-refractivity contribution in [1.82, 2.24) is 5.32 Å². The summed E-state index contributed by atoms with van der Waals surface area (Å²) >= 11 is 0. The van der Waals surface area contributed by atoms with Crippen molar-refractivity contribution >= 4 is 11.6 Å². The number of ether oxygens (including phenoxy) is 1. The van der Waals surface area contributed by atoms with Crippen LogP contribution in [0, 0.1) is 12.3 Å². The lowest BCUT2D eigenvalue weighted by molar-refractivity contribution is 0.0955. The number of carbonyl (C=O) groups is 1. The first-order chi connectivity index (χ1) is 8.22. The van der Waals surface area contributed by atoms with Gasteiger partial charge in [0.1, 0.15) is 5.75 Å². The van der Waals surface area contributed by atoms with Crippen LogP contribution in [0.1, 0.15) is 17.3 Å². The molecule has 0 aromatic heterocycles. The van der Waals surface area contributed by atoms with E-state index in [0.29, 0.717) is 24.4 Å². The van der Waals surface area contributed by atoms with Crippen LogP contribution < -0.4 is 15.4 Å². The van der Waals surface area contributed by atoms with Crippen molar-refractivity contribution in [3.8, 4) is 18.1 Å². The van der Waals surface area contributed by atoms with Gasteiger partial charge in [-0.1, -0.05) is 5.92 Å². The number of carbonyl (C=O) groups excluding carboxylic acids is 1. The number of nitrogens with one attached hydrogen (secondary N) is 2. The molecule has 1 rings (SSSR count). The van der Waals surface area contributed by atoms with Gasteiger partial charge in [-0.2, -0.15) is 0 Å². The van der Waals surface area contributed by atoms with E-state index in [1.165, 1.54) is 0 Å². The minimum atomic E-state index is -0.116. The summed E-state index contributed by atoms with van der Waals surface area (Å²) in [7, 11) is 1.55. The van der Waals surface area contributed by atoms with Gasteiger partial charge in [-0.25, -0.2) is 0 Å². The predicted molar refractivity (Wildman–Crippen MR) is 68.3 cm³/mol. The molecule has 0 unspecified atom stereocenters. The summed E-state index contributed by atoms with van der Waals surface area (Å²) in [6, 6.07) is 5.19. The molecule has 0 saturated carbocycles. The molecule has 1 aromatic carbocycles. The van der Waals surface area contributed by atoms with Gasteiger partial charge in [-0.3, -0.25) is 4.79 Å². The van der Waals surface area contributed by atoms with Crippen LogP contribution in [0.5, 0.6) is 5.75 Å². The van der Waals surface area contributed by atoms with Crippen LogP contribution in [-0.2, 0) is 0 Å². The summed E-state index contributed by atoms with van der Waals surface area (Å²) < 4.78 is 5.20. The molecule has 4 nitrogen and oxygen atoms in total. The molecule has 0 radical (unpaired) electrons.